The molecule has 0 aliphatic heterocycles. The van der Waals surface area contributed by atoms with Crippen molar-refractivity contribution >= 4 is 29.3 Å². The maximum atomic E-state index is 12.1. The smallest absolute Gasteiger partial charge is 0.230 e. The first kappa shape index (κ1) is 20.2. The average Bonchev–Trinajstić information content (AvgIpc) is 3.10. The van der Waals surface area contributed by atoms with E-state index in [1.165, 1.54) is 11.8 Å². The first-order chi connectivity index (χ1) is 13.5. The lowest BCUT2D eigenvalue weighted by molar-refractivity contribution is -0.119. The fraction of sp³-hybridized carbons (Fsp3) is 0.250. The number of carbonyl (C=O) groups is 1. The molecule has 0 aliphatic carbocycles. The molecule has 3 aromatic rings. The van der Waals surface area contributed by atoms with Crippen LogP contribution in [-0.2, 0) is 4.79 Å². The SMILES string of the molecule is COc1cccc(-c2nnc(SCC(=O)NC(C)C)n2-c2ccc(Cl)cc2)c1. The minimum absolute atomic E-state index is 0.0476. The molecule has 0 radical (unpaired) electrons. The van der Waals surface area contributed by atoms with Crippen molar-refractivity contribution in [1.82, 2.24) is 20.1 Å². The van der Waals surface area contributed by atoms with Crippen molar-refractivity contribution in [2.75, 3.05) is 12.9 Å². The van der Waals surface area contributed by atoms with Crippen LogP contribution in [0.5, 0.6) is 5.75 Å². The molecular weight excluding hydrogens is 396 g/mol. The Kier molecular flexibility index (Phi) is 6.59. The van der Waals surface area contributed by atoms with Gasteiger partial charge in [0.15, 0.2) is 11.0 Å². The second-order valence-electron chi connectivity index (χ2n) is 6.36. The van der Waals surface area contributed by atoms with Gasteiger partial charge in [0.25, 0.3) is 0 Å². The van der Waals surface area contributed by atoms with Crippen molar-refractivity contribution in [3.8, 4) is 22.8 Å². The molecule has 0 atom stereocenters. The molecule has 1 heterocycles. The van der Waals surface area contributed by atoms with Crippen LogP contribution < -0.4 is 10.1 Å². The van der Waals surface area contributed by atoms with E-state index in [1.54, 1.807) is 7.11 Å². The van der Waals surface area contributed by atoms with E-state index < -0.39 is 0 Å². The van der Waals surface area contributed by atoms with Crippen molar-refractivity contribution in [2.45, 2.75) is 25.0 Å². The van der Waals surface area contributed by atoms with Crippen molar-refractivity contribution < 1.29 is 9.53 Å². The summed E-state index contributed by atoms with van der Waals surface area (Å²) in [4.78, 5) is 12.1. The lowest BCUT2D eigenvalue weighted by atomic mass is 10.2. The third-order valence-corrected chi connectivity index (χ3v) is 5.01. The summed E-state index contributed by atoms with van der Waals surface area (Å²) in [5.41, 5.74) is 1.72. The van der Waals surface area contributed by atoms with E-state index in [2.05, 4.69) is 15.5 Å². The van der Waals surface area contributed by atoms with Gasteiger partial charge in [0.2, 0.25) is 5.91 Å². The van der Waals surface area contributed by atoms with E-state index in [1.807, 2.05) is 66.9 Å². The molecule has 0 fully saturated rings. The van der Waals surface area contributed by atoms with E-state index in [9.17, 15) is 4.79 Å². The highest BCUT2D eigenvalue weighted by molar-refractivity contribution is 7.99. The second kappa shape index (κ2) is 9.12. The molecule has 0 saturated carbocycles. The fourth-order valence-corrected chi connectivity index (χ4v) is 3.52. The summed E-state index contributed by atoms with van der Waals surface area (Å²) in [6, 6.07) is 15.1. The van der Waals surface area contributed by atoms with Crippen LogP contribution in [0.25, 0.3) is 17.1 Å². The largest absolute Gasteiger partial charge is 0.497 e. The van der Waals surface area contributed by atoms with Gasteiger partial charge in [-0.15, -0.1) is 10.2 Å². The number of methoxy groups -OCH3 is 1. The lowest BCUT2D eigenvalue weighted by Gasteiger charge is -2.12. The van der Waals surface area contributed by atoms with Gasteiger partial charge in [0, 0.05) is 22.3 Å². The van der Waals surface area contributed by atoms with Crippen LogP contribution in [0.4, 0.5) is 0 Å². The molecule has 2 aromatic carbocycles. The molecule has 1 N–H and O–H groups in total. The number of nitrogens with one attached hydrogen (secondary N) is 1. The van der Waals surface area contributed by atoms with Gasteiger partial charge in [-0.25, -0.2) is 0 Å². The Balaban J connectivity index is 1.99. The van der Waals surface area contributed by atoms with Crippen LogP contribution in [0.15, 0.2) is 53.7 Å². The number of nitrogens with zero attached hydrogens (tertiary/aromatic N) is 3. The quantitative estimate of drug-likeness (QED) is 0.584. The molecule has 1 aromatic heterocycles. The summed E-state index contributed by atoms with van der Waals surface area (Å²) in [6.07, 6.45) is 0. The fourth-order valence-electron chi connectivity index (χ4n) is 2.63. The van der Waals surface area contributed by atoms with Gasteiger partial charge in [0.1, 0.15) is 5.75 Å². The van der Waals surface area contributed by atoms with E-state index in [0.29, 0.717) is 16.0 Å². The summed E-state index contributed by atoms with van der Waals surface area (Å²) < 4.78 is 7.24. The van der Waals surface area contributed by atoms with E-state index in [4.69, 9.17) is 16.3 Å². The molecule has 0 saturated heterocycles. The first-order valence-corrected chi connectivity index (χ1v) is 10.1. The van der Waals surface area contributed by atoms with Crippen LogP contribution in [0, 0.1) is 0 Å². The van der Waals surface area contributed by atoms with Crippen molar-refractivity contribution in [2.24, 2.45) is 0 Å². The van der Waals surface area contributed by atoms with Crippen LogP contribution in [0.1, 0.15) is 13.8 Å². The molecule has 0 unspecified atom stereocenters. The minimum atomic E-state index is -0.0476. The number of amides is 1. The molecule has 8 heteroatoms. The summed E-state index contributed by atoms with van der Waals surface area (Å²) in [5, 5.41) is 12.8. The van der Waals surface area contributed by atoms with Gasteiger partial charge in [-0.2, -0.15) is 0 Å². The summed E-state index contributed by atoms with van der Waals surface area (Å²) in [7, 11) is 1.62. The molecule has 0 bridgehead atoms. The number of rotatable bonds is 7. The molecule has 0 aliphatic rings. The topological polar surface area (TPSA) is 69.0 Å². The Hall–Kier alpha value is -2.51. The molecule has 146 valence electrons. The van der Waals surface area contributed by atoms with Gasteiger partial charge < -0.3 is 10.1 Å². The van der Waals surface area contributed by atoms with Gasteiger partial charge in [-0.1, -0.05) is 35.5 Å². The van der Waals surface area contributed by atoms with Gasteiger partial charge in [-0.3, -0.25) is 9.36 Å². The Morgan fingerprint density at radius 1 is 1.21 bits per heavy atom. The zero-order valence-electron chi connectivity index (χ0n) is 15.8. The number of hydrogen-bond acceptors (Lipinski definition) is 5. The predicted molar refractivity (Wildman–Crippen MR) is 112 cm³/mol. The van der Waals surface area contributed by atoms with E-state index in [0.717, 1.165) is 17.0 Å². The summed E-state index contributed by atoms with van der Waals surface area (Å²) in [5.74, 6) is 1.59. The highest BCUT2D eigenvalue weighted by Crippen LogP contribution is 2.30. The van der Waals surface area contributed by atoms with E-state index >= 15 is 0 Å². The summed E-state index contributed by atoms with van der Waals surface area (Å²) in [6.45, 7) is 3.86. The van der Waals surface area contributed by atoms with Crippen LogP contribution in [0.3, 0.4) is 0 Å². The van der Waals surface area contributed by atoms with Crippen molar-refractivity contribution in [1.29, 1.82) is 0 Å². The van der Waals surface area contributed by atoms with E-state index in [-0.39, 0.29) is 17.7 Å². The molecule has 6 nitrogen and oxygen atoms in total. The van der Waals surface area contributed by atoms with Gasteiger partial charge in [0.05, 0.1) is 12.9 Å². The Bertz CT molecular complexity index is 957. The molecule has 1 amide bonds. The predicted octanol–water partition coefficient (Wildman–Crippen LogP) is 4.21. The molecule has 0 spiro atoms. The number of halogens is 1. The van der Waals surface area contributed by atoms with Crippen LogP contribution in [-0.4, -0.2) is 39.6 Å². The zero-order chi connectivity index (χ0) is 20.1. The third-order valence-electron chi connectivity index (χ3n) is 3.83. The number of aromatic nitrogens is 3. The second-order valence-corrected chi connectivity index (χ2v) is 7.74. The maximum absolute atomic E-state index is 12.1. The average molecular weight is 417 g/mol. The van der Waals surface area contributed by atoms with Crippen molar-refractivity contribution in [3.63, 3.8) is 0 Å². The third kappa shape index (κ3) is 4.85. The molecule has 3 rings (SSSR count). The van der Waals surface area contributed by atoms with Crippen molar-refractivity contribution in [3.05, 3.63) is 53.6 Å². The lowest BCUT2D eigenvalue weighted by Crippen LogP contribution is -2.31. The number of carbonyl (C=O) groups excluding carboxylic acids is 1. The Morgan fingerprint density at radius 2 is 1.96 bits per heavy atom. The van der Waals surface area contributed by atoms with Crippen LogP contribution >= 0.6 is 23.4 Å². The normalized spacial score (nSPS) is 10.9. The zero-order valence-corrected chi connectivity index (χ0v) is 17.4. The standard InChI is InChI=1S/C20H21ClN4O2S/c1-13(2)22-18(26)12-28-20-24-23-19(14-5-4-6-17(11-14)27-3)25(20)16-9-7-15(21)8-10-16/h4-11,13H,12H2,1-3H3,(H,22,26). The highest BCUT2D eigenvalue weighted by Gasteiger charge is 2.18. The molecular formula is C20H21ClN4O2S. The van der Waals surface area contributed by atoms with Gasteiger partial charge in [-0.05, 0) is 50.2 Å². The first-order valence-electron chi connectivity index (χ1n) is 8.76. The number of thioether (sulfide) groups is 1. The number of benzene rings is 2. The highest BCUT2D eigenvalue weighted by atomic mass is 35.5. The maximum Gasteiger partial charge on any atom is 0.230 e. The minimum Gasteiger partial charge on any atom is -0.497 e. The Morgan fingerprint density at radius 3 is 2.64 bits per heavy atom. The Labute approximate surface area is 173 Å². The van der Waals surface area contributed by atoms with Crippen LogP contribution in [0.2, 0.25) is 5.02 Å². The molecule has 28 heavy (non-hydrogen) atoms. The van der Waals surface area contributed by atoms with Gasteiger partial charge >= 0.3 is 0 Å². The number of hydrogen-bond donors (Lipinski definition) is 1. The monoisotopic (exact) mass is 416 g/mol. The summed E-state index contributed by atoms with van der Waals surface area (Å²) >= 11 is 7.38. The number of ether oxygens (including phenoxy) is 1.